The Morgan fingerprint density at radius 1 is 1.14 bits per heavy atom. The summed E-state index contributed by atoms with van der Waals surface area (Å²) in [7, 11) is 0. The molecular weight excluding hydrogens is 564 g/mol. The summed E-state index contributed by atoms with van der Waals surface area (Å²) in [4.78, 5) is 54.3. The Labute approximate surface area is 257 Å². The van der Waals surface area contributed by atoms with E-state index >= 15 is 0 Å². The van der Waals surface area contributed by atoms with Crippen molar-refractivity contribution >= 4 is 23.6 Å². The van der Waals surface area contributed by atoms with Gasteiger partial charge in [-0.25, -0.2) is 0 Å². The molecule has 0 aliphatic carbocycles. The van der Waals surface area contributed by atoms with Crippen LogP contribution < -0.4 is 16.0 Å². The van der Waals surface area contributed by atoms with Gasteiger partial charge in [0.15, 0.2) is 5.69 Å². The van der Waals surface area contributed by atoms with Gasteiger partial charge in [0.05, 0.1) is 6.10 Å². The number of carbonyl (C=O) groups is 4. The number of allylic oxidation sites excluding steroid dienone is 1. The first kappa shape index (κ1) is 34.0. The molecule has 1 aliphatic rings. The van der Waals surface area contributed by atoms with Crippen molar-refractivity contribution in [3.8, 4) is 6.07 Å². The standard InChI is InChI=1S/C32H42N6O6/c1-19(2)13-25(16-33)32(43)38-12-6-7-24(18-38)15-26(29(40)34-17-23-10-8-20(3)9-11-23)35-31(42)28(22(5)39)36-30(41)27-14-21(4)44-37-27/h8-11,13-14,19,22,24,26,28,39H,6-7,12,15,17-18H2,1-5H3,(H,34,40)(H,35,42)(H,36,41)/t22-,24?,26+,28+/m1/s1. The summed E-state index contributed by atoms with van der Waals surface area (Å²) >= 11 is 0. The minimum absolute atomic E-state index is 0.0293. The minimum Gasteiger partial charge on any atom is -0.391 e. The van der Waals surface area contributed by atoms with E-state index in [1.54, 1.807) is 17.9 Å². The summed E-state index contributed by atoms with van der Waals surface area (Å²) in [6.07, 6.45) is 1.93. The molecular formula is C32H42N6O6. The van der Waals surface area contributed by atoms with Crippen molar-refractivity contribution in [2.24, 2.45) is 11.8 Å². The lowest BCUT2D eigenvalue weighted by atomic mass is 9.90. The number of aryl methyl sites for hydroxylation is 2. The van der Waals surface area contributed by atoms with Crippen LogP contribution in [0.25, 0.3) is 0 Å². The van der Waals surface area contributed by atoms with Crippen LogP contribution in [0.2, 0.25) is 0 Å². The Morgan fingerprint density at radius 3 is 2.43 bits per heavy atom. The third-order valence-corrected chi connectivity index (χ3v) is 7.36. The molecule has 1 aliphatic heterocycles. The fourth-order valence-electron chi connectivity index (χ4n) is 5.04. The Kier molecular flexibility index (Phi) is 12.2. The maximum absolute atomic E-state index is 13.5. The van der Waals surface area contributed by atoms with Gasteiger partial charge in [-0.2, -0.15) is 5.26 Å². The molecule has 4 atom stereocenters. The zero-order valence-electron chi connectivity index (χ0n) is 25.9. The van der Waals surface area contributed by atoms with Crippen molar-refractivity contribution in [1.82, 2.24) is 26.0 Å². The number of aliphatic hydroxyl groups is 1. The highest BCUT2D eigenvalue weighted by Crippen LogP contribution is 2.23. The minimum atomic E-state index is -1.38. The molecule has 1 saturated heterocycles. The summed E-state index contributed by atoms with van der Waals surface area (Å²) in [6, 6.07) is 8.66. The number of carbonyl (C=O) groups excluding carboxylic acids is 4. The highest BCUT2D eigenvalue weighted by atomic mass is 16.5. The number of amides is 4. The lowest BCUT2D eigenvalue weighted by Gasteiger charge is -2.34. The Bertz CT molecular complexity index is 1390. The molecule has 12 nitrogen and oxygen atoms in total. The zero-order valence-corrected chi connectivity index (χ0v) is 25.9. The molecule has 0 bridgehead atoms. The van der Waals surface area contributed by atoms with Gasteiger partial charge < -0.3 is 30.5 Å². The summed E-state index contributed by atoms with van der Waals surface area (Å²) in [5.41, 5.74) is 1.99. The number of hydrogen-bond acceptors (Lipinski definition) is 8. The molecule has 2 aromatic rings. The predicted molar refractivity (Wildman–Crippen MR) is 162 cm³/mol. The number of aromatic nitrogens is 1. The molecule has 1 fully saturated rings. The van der Waals surface area contributed by atoms with E-state index in [9.17, 15) is 29.5 Å². The summed E-state index contributed by atoms with van der Waals surface area (Å²) in [5.74, 6) is -1.98. The van der Waals surface area contributed by atoms with Crippen molar-refractivity contribution in [3.05, 3.63) is 64.6 Å². The van der Waals surface area contributed by atoms with E-state index in [4.69, 9.17) is 4.52 Å². The quantitative estimate of drug-likeness (QED) is 0.210. The normalized spacial score (nSPS) is 17.3. The molecule has 4 amide bonds. The van der Waals surface area contributed by atoms with Gasteiger partial charge in [0.2, 0.25) is 11.8 Å². The van der Waals surface area contributed by atoms with Crippen molar-refractivity contribution < 1.29 is 28.8 Å². The number of rotatable bonds is 12. The van der Waals surface area contributed by atoms with E-state index in [-0.39, 0.29) is 42.0 Å². The Balaban J connectivity index is 1.77. The van der Waals surface area contributed by atoms with E-state index < -0.39 is 35.9 Å². The molecule has 0 saturated carbocycles. The second-order valence-electron chi connectivity index (χ2n) is 11.7. The Morgan fingerprint density at radius 2 is 1.84 bits per heavy atom. The first-order valence-electron chi connectivity index (χ1n) is 14.8. The van der Waals surface area contributed by atoms with Crippen LogP contribution in [0.5, 0.6) is 0 Å². The van der Waals surface area contributed by atoms with Crippen LogP contribution in [0, 0.1) is 37.0 Å². The Hall–Kier alpha value is -4.50. The van der Waals surface area contributed by atoms with Crippen LogP contribution in [0.15, 0.2) is 46.5 Å². The number of hydrogen-bond donors (Lipinski definition) is 4. The summed E-state index contributed by atoms with van der Waals surface area (Å²) in [5, 5.41) is 31.6. The molecule has 0 radical (unpaired) electrons. The van der Waals surface area contributed by atoms with E-state index in [1.165, 1.54) is 13.0 Å². The van der Waals surface area contributed by atoms with Crippen LogP contribution in [0.4, 0.5) is 0 Å². The number of aliphatic hydroxyl groups excluding tert-OH is 1. The third kappa shape index (κ3) is 9.77. The van der Waals surface area contributed by atoms with Crippen LogP contribution in [-0.2, 0) is 20.9 Å². The van der Waals surface area contributed by atoms with Gasteiger partial charge in [0.25, 0.3) is 11.8 Å². The molecule has 0 spiro atoms. The fourth-order valence-corrected chi connectivity index (χ4v) is 5.04. The largest absolute Gasteiger partial charge is 0.391 e. The van der Waals surface area contributed by atoms with Gasteiger partial charge in [-0.3, -0.25) is 19.2 Å². The molecule has 4 N–H and O–H groups in total. The van der Waals surface area contributed by atoms with E-state index in [0.717, 1.165) is 11.1 Å². The molecule has 1 unspecified atom stereocenters. The number of nitrogens with one attached hydrogen (secondary N) is 3. The van der Waals surface area contributed by atoms with Crippen molar-refractivity contribution in [2.75, 3.05) is 13.1 Å². The average Bonchev–Trinajstić information content (AvgIpc) is 3.43. The summed E-state index contributed by atoms with van der Waals surface area (Å²) in [6.45, 7) is 9.75. The van der Waals surface area contributed by atoms with Gasteiger partial charge in [-0.15, -0.1) is 0 Å². The molecule has 1 aromatic carbocycles. The number of likely N-dealkylation sites (tertiary alicyclic amines) is 1. The third-order valence-electron chi connectivity index (χ3n) is 7.36. The van der Waals surface area contributed by atoms with Crippen molar-refractivity contribution in [2.45, 2.75) is 78.6 Å². The van der Waals surface area contributed by atoms with Crippen molar-refractivity contribution in [1.29, 1.82) is 5.26 Å². The second-order valence-corrected chi connectivity index (χ2v) is 11.7. The van der Waals surface area contributed by atoms with E-state index in [1.807, 2.05) is 51.1 Å². The van der Waals surface area contributed by atoms with Crippen molar-refractivity contribution in [3.63, 3.8) is 0 Å². The number of nitriles is 1. The van der Waals surface area contributed by atoms with Crippen LogP contribution in [0.3, 0.4) is 0 Å². The topological polar surface area (TPSA) is 178 Å². The number of benzene rings is 1. The number of piperidine rings is 1. The predicted octanol–water partition coefficient (Wildman–Crippen LogP) is 2.31. The fraction of sp³-hybridized carbons (Fsp3) is 0.500. The van der Waals surface area contributed by atoms with Gasteiger partial charge >= 0.3 is 0 Å². The second kappa shape index (κ2) is 15.8. The smallest absolute Gasteiger partial charge is 0.274 e. The maximum atomic E-state index is 13.5. The van der Waals surface area contributed by atoms with Crippen LogP contribution >= 0.6 is 0 Å². The lowest BCUT2D eigenvalue weighted by molar-refractivity contribution is -0.132. The van der Waals surface area contributed by atoms with E-state index in [0.29, 0.717) is 31.7 Å². The first-order valence-corrected chi connectivity index (χ1v) is 14.8. The van der Waals surface area contributed by atoms with Gasteiger partial charge in [0, 0.05) is 25.7 Å². The van der Waals surface area contributed by atoms with E-state index in [2.05, 4.69) is 21.1 Å². The van der Waals surface area contributed by atoms with Gasteiger partial charge in [-0.1, -0.05) is 54.9 Å². The molecule has 44 heavy (non-hydrogen) atoms. The average molecular weight is 607 g/mol. The number of nitrogens with zero attached hydrogens (tertiary/aromatic N) is 3. The molecule has 3 rings (SSSR count). The lowest BCUT2D eigenvalue weighted by Crippen LogP contribution is -2.57. The van der Waals surface area contributed by atoms with Gasteiger partial charge in [0.1, 0.15) is 29.5 Å². The van der Waals surface area contributed by atoms with Crippen LogP contribution in [0.1, 0.15) is 67.4 Å². The maximum Gasteiger partial charge on any atom is 0.274 e. The summed E-state index contributed by atoms with van der Waals surface area (Å²) < 4.78 is 4.93. The van der Waals surface area contributed by atoms with Gasteiger partial charge in [-0.05, 0) is 57.4 Å². The SMILES string of the molecule is Cc1ccc(CNC(=O)[C@H](CC2CCCN(C(=O)C(C#N)=CC(C)C)C2)NC(=O)[C@@H](NC(=O)c2cc(C)on2)[C@@H](C)O)cc1. The zero-order chi connectivity index (χ0) is 32.4. The highest BCUT2D eigenvalue weighted by Gasteiger charge is 2.34. The monoisotopic (exact) mass is 606 g/mol. The molecule has 12 heteroatoms. The first-order chi connectivity index (χ1) is 20.9. The molecule has 236 valence electrons. The molecule has 2 heterocycles. The van der Waals surface area contributed by atoms with Crippen LogP contribution in [-0.4, -0.2) is 70.1 Å². The molecule has 1 aromatic heterocycles. The highest BCUT2D eigenvalue weighted by molar-refractivity contribution is 5.98.